The van der Waals surface area contributed by atoms with Gasteiger partial charge < -0.3 is 14.2 Å². The molecule has 0 heterocycles. The molecule has 0 aliphatic heterocycles. The van der Waals surface area contributed by atoms with Crippen LogP contribution < -0.4 is 0 Å². The third-order valence-corrected chi connectivity index (χ3v) is 15.0. The van der Waals surface area contributed by atoms with Gasteiger partial charge in [0, 0.05) is 19.3 Å². The second-order valence-electron chi connectivity index (χ2n) is 23.1. The molecule has 0 rings (SSSR count). The van der Waals surface area contributed by atoms with Gasteiger partial charge in [-0.1, -0.05) is 336 Å². The highest BCUT2D eigenvalue weighted by atomic mass is 16.6. The molecule has 0 N–H and O–H groups in total. The van der Waals surface area contributed by atoms with Gasteiger partial charge in [0.2, 0.25) is 0 Å². The van der Waals surface area contributed by atoms with E-state index in [0.717, 1.165) is 122 Å². The first kappa shape index (κ1) is 78.1. The SMILES string of the molecule is CC/C=C\C/C=C\C/C=C\C/C=C\C/C=C\C/C=C\C/C=C\C/C=C\C/C=C\CCCCCC(=O)OCC(COC(=O)CCCCCCCCCCCCCCCC)OC(=O)CCCCCCCCCCCCCCCCCCCCC. The van der Waals surface area contributed by atoms with Gasteiger partial charge in [-0.2, -0.15) is 0 Å². The summed E-state index contributed by atoms with van der Waals surface area (Å²) in [5.74, 6) is -0.902. The standard InChI is InChI=1S/C76H130O6/c1-4-7-10-13-16-19-22-25-28-30-32-33-34-35-36-37-38-39-40-41-42-43-45-46-48-51-54-57-60-63-66-69-75(78)81-72-73(71-80-74(77)68-65-62-59-56-53-50-27-24-21-18-15-12-9-6-3)82-76(79)70-67-64-61-58-55-52-49-47-44-31-29-26-23-20-17-14-11-8-5-2/h7,10,16,19,25,28,32-33,35-36,38-39,41-42,45-46,51,54,73H,4-6,8-9,11-15,17-18,20-24,26-27,29-31,34,37,40,43-44,47-50,52-53,55-72H2,1-3H3/b10-7-,19-16-,28-25-,33-32-,36-35-,39-38-,42-41-,46-45-,54-51-. The summed E-state index contributed by atoms with van der Waals surface area (Å²) in [5.41, 5.74) is 0. The summed E-state index contributed by atoms with van der Waals surface area (Å²) in [6.07, 6.45) is 95.3. The van der Waals surface area contributed by atoms with Crippen molar-refractivity contribution in [1.29, 1.82) is 0 Å². The minimum atomic E-state index is -0.791. The van der Waals surface area contributed by atoms with Gasteiger partial charge in [0.05, 0.1) is 0 Å². The van der Waals surface area contributed by atoms with E-state index in [1.165, 1.54) is 173 Å². The van der Waals surface area contributed by atoms with Crippen molar-refractivity contribution in [1.82, 2.24) is 0 Å². The number of hydrogen-bond acceptors (Lipinski definition) is 6. The van der Waals surface area contributed by atoms with Crippen LogP contribution in [-0.4, -0.2) is 37.2 Å². The lowest BCUT2D eigenvalue weighted by atomic mass is 10.0. The third-order valence-electron chi connectivity index (χ3n) is 15.0. The van der Waals surface area contributed by atoms with Crippen LogP contribution in [0.2, 0.25) is 0 Å². The average Bonchev–Trinajstić information content (AvgIpc) is 3.47. The summed E-state index contributed by atoms with van der Waals surface area (Å²) >= 11 is 0. The summed E-state index contributed by atoms with van der Waals surface area (Å²) in [6.45, 7) is 6.54. The van der Waals surface area contributed by atoms with Gasteiger partial charge in [-0.3, -0.25) is 14.4 Å². The first-order chi connectivity index (χ1) is 40.5. The lowest BCUT2D eigenvalue weighted by Gasteiger charge is -2.18. The molecule has 1 atom stereocenters. The first-order valence-corrected chi connectivity index (χ1v) is 34.9. The maximum Gasteiger partial charge on any atom is 0.306 e. The predicted molar refractivity (Wildman–Crippen MR) is 357 cm³/mol. The minimum Gasteiger partial charge on any atom is -0.462 e. The van der Waals surface area contributed by atoms with E-state index in [2.05, 4.69) is 130 Å². The van der Waals surface area contributed by atoms with Crippen LogP contribution in [0.3, 0.4) is 0 Å². The molecule has 0 radical (unpaired) electrons. The number of esters is 3. The Kier molecular flexibility index (Phi) is 66.2. The number of allylic oxidation sites excluding steroid dienone is 18. The number of hydrogen-bond donors (Lipinski definition) is 0. The summed E-state index contributed by atoms with van der Waals surface area (Å²) < 4.78 is 16.9. The van der Waals surface area contributed by atoms with Gasteiger partial charge in [-0.15, -0.1) is 0 Å². The van der Waals surface area contributed by atoms with E-state index in [4.69, 9.17) is 14.2 Å². The van der Waals surface area contributed by atoms with Crippen molar-refractivity contribution in [3.63, 3.8) is 0 Å². The molecule has 0 aromatic carbocycles. The molecule has 1 unspecified atom stereocenters. The molecule has 0 spiro atoms. The zero-order valence-electron chi connectivity index (χ0n) is 54.0. The zero-order chi connectivity index (χ0) is 59.2. The Bertz CT molecular complexity index is 1640. The molecule has 6 nitrogen and oxygen atoms in total. The van der Waals surface area contributed by atoms with Crippen molar-refractivity contribution in [3.8, 4) is 0 Å². The first-order valence-electron chi connectivity index (χ1n) is 34.9. The number of rotatable bonds is 63. The topological polar surface area (TPSA) is 78.9 Å². The minimum absolute atomic E-state index is 0.0844. The summed E-state index contributed by atoms with van der Waals surface area (Å²) in [4.78, 5) is 38.4. The van der Waals surface area contributed by atoms with Gasteiger partial charge >= 0.3 is 17.9 Å². The second kappa shape index (κ2) is 69.6. The van der Waals surface area contributed by atoms with Crippen LogP contribution in [0.25, 0.3) is 0 Å². The molecule has 470 valence electrons. The maximum absolute atomic E-state index is 12.9. The normalized spacial score (nSPS) is 12.8. The molecule has 0 aliphatic carbocycles. The summed E-state index contributed by atoms with van der Waals surface area (Å²) in [5, 5.41) is 0. The fourth-order valence-electron chi connectivity index (χ4n) is 9.85. The molecule has 0 fully saturated rings. The van der Waals surface area contributed by atoms with Crippen molar-refractivity contribution in [2.75, 3.05) is 13.2 Å². The molecule has 0 aromatic rings. The lowest BCUT2D eigenvalue weighted by molar-refractivity contribution is -0.167. The van der Waals surface area contributed by atoms with E-state index >= 15 is 0 Å². The van der Waals surface area contributed by atoms with E-state index in [9.17, 15) is 14.4 Å². The van der Waals surface area contributed by atoms with Crippen molar-refractivity contribution in [2.45, 2.75) is 341 Å². The van der Waals surface area contributed by atoms with Crippen molar-refractivity contribution in [3.05, 3.63) is 109 Å². The van der Waals surface area contributed by atoms with Crippen LogP contribution in [0, 0.1) is 0 Å². The highest BCUT2D eigenvalue weighted by Gasteiger charge is 2.19. The van der Waals surface area contributed by atoms with Crippen molar-refractivity contribution in [2.24, 2.45) is 0 Å². The quantitative estimate of drug-likeness (QED) is 0.0261. The van der Waals surface area contributed by atoms with E-state index in [1.807, 2.05) is 0 Å². The number of ether oxygens (including phenoxy) is 3. The fraction of sp³-hybridized carbons (Fsp3) is 0.724. The second-order valence-corrected chi connectivity index (χ2v) is 23.1. The van der Waals surface area contributed by atoms with Crippen LogP contribution in [-0.2, 0) is 28.6 Å². The Morgan fingerprint density at radius 1 is 0.256 bits per heavy atom. The molecule has 0 saturated carbocycles. The Morgan fingerprint density at radius 2 is 0.476 bits per heavy atom. The largest absolute Gasteiger partial charge is 0.462 e. The zero-order valence-corrected chi connectivity index (χ0v) is 54.0. The lowest BCUT2D eigenvalue weighted by Crippen LogP contribution is -2.30. The van der Waals surface area contributed by atoms with E-state index < -0.39 is 6.10 Å². The van der Waals surface area contributed by atoms with Crippen molar-refractivity contribution >= 4 is 17.9 Å². The summed E-state index contributed by atoms with van der Waals surface area (Å²) in [7, 11) is 0. The van der Waals surface area contributed by atoms with Gasteiger partial charge in [0.25, 0.3) is 0 Å². The molecule has 0 saturated heterocycles. The number of carbonyl (C=O) groups is 3. The Hall–Kier alpha value is -3.93. The fourth-order valence-corrected chi connectivity index (χ4v) is 9.85. The molecule has 0 aromatic heterocycles. The van der Waals surface area contributed by atoms with Gasteiger partial charge in [-0.25, -0.2) is 0 Å². The predicted octanol–water partition coefficient (Wildman–Crippen LogP) is 24.2. The summed E-state index contributed by atoms with van der Waals surface area (Å²) in [6, 6.07) is 0. The Labute approximate surface area is 508 Å². The van der Waals surface area contributed by atoms with Crippen LogP contribution in [0.15, 0.2) is 109 Å². The maximum atomic E-state index is 12.9. The van der Waals surface area contributed by atoms with E-state index in [1.54, 1.807) is 0 Å². The van der Waals surface area contributed by atoms with Gasteiger partial charge in [0.15, 0.2) is 6.10 Å². The number of unbranched alkanes of at least 4 members (excludes halogenated alkanes) is 34. The van der Waals surface area contributed by atoms with Gasteiger partial charge in [0.1, 0.15) is 13.2 Å². The van der Waals surface area contributed by atoms with Crippen LogP contribution in [0.5, 0.6) is 0 Å². The van der Waals surface area contributed by atoms with E-state index in [-0.39, 0.29) is 31.1 Å². The number of carbonyl (C=O) groups excluding carboxylic acids is 3. The highest BCUT2D eigenvalue weighted by molar-refractivity contribution is 5.71. The Balaban J connectivity index is 4.37. The highest BCUT2D eigenvalue weighted by Crippen LogP contribution is 2.17. The van der Waals surface area contributed by atoms with Crippen molar-refractivity contribution < 1.29 is 28.6 Å². The Morgan fingerprint density at radius 3 is 0.744 bits per heavy atom. The smallest absolute Gasteiger partial charge is 0.306 e. The monoisotopic (exact) mass is 1140 g/mol. The van der Waals surface area contributed by atoms with Crippen LogP contribution in [0.1, 0.15) is 335 Å². The molecular formula is C76H130O6. The molecule has 82 heavy (non-hydrogen) atoms. The average molecular weight is 1140 g/mol. The molecular weight excluding hydrogens is 1010 g/mol. The molecule has 0 amide bonds. The molecule has 0 aliphatic rings. The van der Waals surface area contributed by atoms with E-state index in [0.29, 0.717) is 19.3 Å². The molecule has 6 heteroatoms. The third kappa shape index (κ3) is 66.9. The van der Waals surface area contributed by atoms with Crippen LogP contribution >= 0.6 is 0 Å². The molecule has 0 bridgehead atoms. The van der Waals surface area contributed by atoms with Gasteiger partial charge in [-0.05, 0) is 89.9 Å². The van der Waals surface area contributed by atoms with Crippen LogP contribution in [0.4, 0.5) is 0 Å².